The normalized spacial score (nSPS) is 10.9. The van der Waals surface area contributed by atoms with Crippen LogP contribution in [0.3, 0.4) is 0 Å². The molecule has 0 bridgehead atoms. The van der Waals surface area contributed by atoms with Gasteiger partial charge in [0.2, 0.25) is 5.13 Å². The quantitative estimate of drug-likeness (QED) is 0.735. The number of thiophene rings is 1. The third-order valence-electron chi connectivity index (χ3n) is 1.89. The smallest absolute Gasteiger partial charge is 0.200 e. The monoisotopic (exact) mass is 213 g/mol. The predicted octanol–water partition coefficient (Wildman–Crippen LogP) is 3.34. The number of hydrogen-bond donors (Lipinski definition) is 1. The summed E-state index contributed by atoms with van der Waals surface area (Å²) in [7, 11) is 0. The SMILES string of the molecule is CSc1ccc2sc(F)c(N)c2c1. The Morgan fingerprint density at radius 3 is 2.92 bits per heavy atom. The minimum atomic E-state index is -0.284. The molecule has 0 aliphatic carbocycles. The fraction of sp³-hybridized carbons (Fsp3) is 0.111. The van der Waals surface area contributed by atoms with Crippen LogP contribution >= 0.6 is 23.1 Å². The van der Waals surface area contributed by atoms with Gasteiger partial charge in [-0.3, -0.25) is 0 Å². The maximum atomic E-state index is 13.1. The molecule has 4 heteroatoms. The molecule has 1 nitrogen and oxygen atoms in total. The van der Waals surface area contributed by atoms with Gasteiger partial charge in [-0.15, -0.1) is 23.1 Å². The molecule has 0 saturated heterocycles. The summed E-state index contributed by atoms with van der Waals surface area (Å²) < 4.78 is 14.0. The zero-order chi connectivity index (χ0) is 9.42. The largest absolute Gasteiger partial charge is 0.395 e. The zero-order valence-corrected chi connectivity index (χ0v) is 8.64. The Bertz CT molecular complexity index is 450. The lowest BCUT2D eigenvalue weighted by atomic mass is 10.2. The topological polar surface area (TPSA) is 26.0 Å². The van der Waals surface area contributed by atoms with Gasteiger partial charge in [0.1, 0.15) is 0 Å². The Morgan fingerprint density at radius 2 is 2.23 bits per heavy atom. The summed E-state index contributed by atoms with van der Waals surface area (Å²) in [5.74, 6) is 0. The van der Waals surface area contributed by atoms with E-state index in [4.69, 9.17) is 5.73 Å². The van der Waals surface area contributed by atoms with Crippen molar-refractivity contribution in [1.82, 2.24) is 0 Å². The van der Waals surface area contributed by atoms with Gasteiger partial charge in [0.05, 0.1) is 5.69 Å². The van der Waals surface area contributed by atoms with Gasteiger partial charge in [0, 0.05) is 15.0 Å². The molecule has 2 aromatic rings. The van der Waals surface area contributed by atoms with Crippen molar-refractivity contribution < 1.29 is 4.39 Å². The Kier molecular flexibility index (Phi) is 2.17. The summed E-state index contributed by atoms with van der Waals surface area (Å²) in [5.41, 5.74) is 5.86. The van der Waals surface area contributed by atoms with Crippen LogP contribution in [0.1, 0.15) is 0 Å². The van der Waals surface area contributed by atoms with Gasteiger partial charge in [0.15, 0.2) is 0 Å². The Hall–Kier alpha value is -0.740. The molecular formula is C9H8FNS2. The number of nitrogens with two attached hydrogens (primary N) is 1. The summed E-state index contributed by atoms with van der Waals surface area (Å²) in [6, 6.07) is 5.81. The van der Waals surface area contributed by atoms with Crippen LogP contribution in [0.25, 0.3) is 10.1 Å². The second kappa shape index (κ2) is 3.20. The minimum absolute atomic E-state index is 0.274. The first-order valence-electron chi connectivity index (χ1n) is 3.74. The second-order valence-corrected chi connectivity index (χ2v) is 4.53. The Labute approximate surface area is 83.7 Å². The third kappa shape index (κ3) is 1.40. The van der Waals surface area contributed by atoms with E-state index in [1.165, 1.54) is 0 Å². The van der Waals surface area contributed by atoms with Crippen LogP contribution in [-0.2, 0) is 0 Å². The lowest BCUT2D eigenvalue weighted by molar-refractivity contribution is 0.662. The van der Waals surface area contributed by atoms with E-state index in [-0.39, 0.29) is 10.8 Å². The highest BCUT2D eigenvalue weighted by molar-refractivity contribution is 7.98. The van der Waals surface area contributed by atoms with Gasteiger partial charge in [-0.05, 0) is 24.5 Å². The first kappa shape index (κ1) is 8.84. The van der Waals surface area contributed by atoms with Crippen LogP contribution in [0.4, 0.5) is 10.1 Å². The van der Waals surface area contributed by atoms with E-state index < -0.39 is 0 Å². The van der Waals surface area contributed by atoms with Crippen LogP contribution in [0.5, 0.6) is 0 Å². The van der Waals surface area contributed by atoms with E-state index >= 15 is 0 Å². The number of halogens is 1. The molecule has 13 heavy (non-hydrogen) atoms. The van der Waals surface area contributed by atoms with Crippen molar-refractivity contribution in [3.05, 3.63) is 23.3 Å². The van der Waals surface area contributed by atoms with Crippen molar-refractivity contribution in [1.29, 1.82) is 0 Å². The molecule has 1 aromatic heterocycles. The van der Waals surface area contributed by atoms with Crippen molar-refractivity contribution in [2.24, 2.45) is 0 Å². The van der Waals surface area contributed by atoms with Gasteiger partial charge in [0.25, 0.3) is 0 Å². The van der Waals surface area contributed by atoms with Gasteiger partial charge in [-0.2, -0.15) is 4.39 Å². The molecule has 68 valence electrons. The molecule has 0 aliphatic rings. The number of thioether (sulfide) groups is 1. The average Bonchev–Trinajstić information content (AvgIpc) is 2.43. The van der Waals surface area contributed by atoms with E-state index in [0.717, 1.165) is 26.3 Å². The molecule has 0 aliphatic heterocycles. The number of fused-ring (bicyclic) bond motifs is 1. The number of nitrogen functional groups attached to an aromatic ring is 1. The summed E-state index contributed by atoms with van der Waals surface area (Å²) in [6.07, 6.45) is 1.99. The van der Waals surface area contributed by atoms with Crippen LogP contribution in [0, 0.1) is 5.13 Å². The molecule has 0 spiro atoms. The summed E-state index contributed by atoms with van der Waals surface area (Å²) in [5, 5.41) is 0.544. The summed E-state index contributed by atoms with van der Waals surface area (Å²) >= 11 is 2.73. The van der Waals surface area contributed by atoms with Gasteiger partial charge in [-0.25, -0.2) is 0 Å². The molecular weight excluding hydrogens is 205 g/mol. The highest BCUT2D eigenvalue weighted by Crippen LogP contribution is 2.34. The van der Waals surface area contributed by atoms with E-state index in [2.05, 4.69) is 0 Å². The maximum absolute atomic E-state index is 13.1. The maximum Gasteiger partial charge on any atom is 0.200 e. The van der Waals surface area contributed by atoms with Crippen LogP contribution in [0.15, 0.2) is 23.1 Å². The molecule has 2 N–H and O–H groups in total. The Morgan fingerprint density at radius 1 is 1.46 bits per heavy atom. The highest BCUT2D eigenvalue weighted by Gasteiger charge is 2.08. The summed E-state index contributed by atoms with van der Waals surface area (Å²) in [6.45, 7) is 0. The van der Waals surface area contributed by atoms with E-state index in [1.807, 2.05) is 24.5 Å². The molecule has 2 rings (SSSR count). The summed E-state index contributed by atoms with van der Waals surface area (Å²) in [4.78, 5) is 1.11. The van der Waals surface area contributed by atoms with Crippen LogP contribution in [-0.4, -0.2) is 6.26 Å². The van der Waals surface area contributed by atoms with Crippen LogP contribution < -0.4 is 5.73 Å². The molecule has 1 heterocycles. The van der Waals surface area contributed by atoms with Gasteiger partial charge < -0.3 is 5.73 Å². The van der Waals surface area contributed by atoms with Crippen molar-refractivity contribution in [3.63, 3.8) is 0 Å². The van der Waals surface area contributed by atoms with Crippen molar-refractivity contribution in [3.8, 4) is 0 Å². The fourth-order valence-electron chi connectivity index (χ4n) is 1.19. The fourth-order valence-corrected chi connectivity index (χ4v) is 2.46. The third-order valence-corrected chi connectivity index (χ3v) is 3.59. The zero-order valence-electron chi connectivity index (χ0n) is 7.00. The number of anilines is 1. The first-order chi connectivity index (χ1) is 6.22. The first-order valence-corrected chi connectivity index (χ1v) is 5.78. The second-order valence-electron chi connectivity index (χ2n) is 2.65. The average molecular weight is 213 g/mol. The number of benzene rings is 1. The van der Waals surface area contributed by atoms with Gasteiger partial charge >= 0.3 is 0 Å². The van der Waals surface area contributed by atoms with Crippen LogP contribution in [0.2, 0.25) is 0 Å². The molecule has 0 fully saturated rings. The molecule has 0 radical (unpaired) electrons. The lowest BCUT2D eigenvalue weighted by Gasteiger charge is -1.95. The molecule has 0 unspecified atom stereocenters. The molecule has 1 aromatic carbocycles. The molecule has 0 amide bonds. The molecule has 0 saturated carbocycles. The van der Waals surface area contributed by atoms with E-state index in [1.54, 1.807) is 11.8 Å². The van der Waals surface area contributed by atoms with Crippen molar-refractivity contribution in [2.45, 2.75) is 4.90 Å². The predicted molar refractivity (Wildman–Crippen MR) is 58.0 cm³/mol. The highest BCUT2D eigenvalue weighted by atomic mass is 32.2. The van der Waals surface area contributed by atoms with E-state index in [9.17, 15) is 4.39 Å². The minimum Gasteiger partial charge on any atom is -0.395 e. The van der Waals surface area contributed by atoms with Crippen molar-refractivity contribution in [2.75, 3.05) is 12.0 Å². The number of hydrogen-bond acceptors (Lipinski definition) is 3. The standard InChI is InChI=1S/C9H8FNS2/c1-12-5-2-3-7-6(4-5)8(11)9(10)13-7/h2-4H,11H2,1H3. The van der Waals surface area contributed by atoms with E-state index in [0.29, 0.717) is 0 Å². The van der Waals surface area contributed by atoms with Crippen molar-refractivity contribution >= 4 is 38.9 Å². The van der Waals surface area contributed by atoms with Gasteiger partial charge in [-0.1, -0.05) is 0 Å². The molecule has 0 atom stereocenters. The number of rotatable bonds is 1. The Balaban J connectivity index is 2.75. The lowest BCUT2D eigenvalue weighted by Crippen LogP contribution is -1.84.